The fourth-order valence-electron chi connectivity index (χ4n) is 2.45. The third kappa shape index (κ3) is 4.16. The Morgan fingerprint density at radius 3 is 2.74 bits per heavy atom. The number of ketones is 1. The number of halogens is 2. The molecule has 1 atom stereocenters. The van der Waals surface area contributed by atoms with Gasteiger partial charge in [0.25, 0.3) is 0 Å². The molecule has 104 valence electrons. The molecule has 19 heavy (non-hydrogen) atoms. The number of nitrogens with one attached hydrogen (secondary N) is 1. The molecule has 0 unspecified atom stereocenters. The molecule has 1 saturated carbocycles. The highest BCUT2D eigenvalue weighted by atomic mass is 35.5. The van der Waals surface area contributed by atoms with E-state index in [2.05, 4.69) is 10.3 Å². The van der Waals surface area contributed by atoms with Gasteiger partial charge in [-0.05, 0) is 31.4 Å². The summed E-state index contributed by atoms with van der Waals surface area (Å²) in [4.78, 5) is 16.1. The monoisotopic (exact) mass is 300 g/mol. The molecule has 1 aliphatic rings. The topological polar surface area (TPSA) is 42.0 Å². The van der Waals surface area contributed by atoms with Crippen molar-refractivity contribution in [3.05, 3.63) is 28.0 Å². The zero-order valence-electron chi connectivity index (χ0n) is 11.0. The molecule has 0 aromatic carbocycles. The minimum absolute atomic E-state index is 0.137. The minimum Gasteiger partial charge on any atom is -0.305 e. The smallest absolute Gasteiger partial charge is 0.153 e. The van der Waals surface area contributed by atoms with Crippen LogP contribution < -0.4 is 5.32 Å². The summed E-state index contributed by atoms with van der Waals surface area (Å²) in [5.74, 6) is 0.137. The van der Waals surface area contributed by atoms with Gasteiger partial charge in [0.05, 0.1) is 6.04 Å². The van der Waals surface area contributed by atoms with Crippen LogP contribution in [0.4, 0.5) is 0 Å². The Labute approximate surface area is 123 Å². The largest absolute Gasteiger partial charge is 0.305 e. The van der Waals surface area contributed by atoms with E-state index in [1.807, 2.05) is 6.92 Å². The molecule has 0 saturated heterocycles. The van der Waals surface area contributed by atoms with Crippen molar-refractivity contribution in [2.75, 3.05) is 0 Å². The van der Waals surface area contributed by atoms with E-state index in [0.717, 1.165) is 5.56 Å². The van der Waals surface area contributed by atoms with Gasteiger partial charge < -0.3 is 5.32 Å². The van der Waals surface area contributed by atoms with Crippen molar-refractivity contribution in [2.24, 2.45) is 0 Å². The van der Waals surface area contributed by atoms with Crippen LogP contribution in [0.15, 0.2) is 12.1 Å². The van der Waals surface area contributed by atoms with Crippen LogP contribution in [0.2, 0.25) is 10.3 Å². The van der Waals surface area contributed by atoms with Gasteiger partial charge in [-0.15, -0.1) is 0 Å². The van der Waals surface area contributed by atoms with E-state index in [1.54, 1.807) is 12.1 Å². The maximum absolute atomic E-state index is 12.2. The number of nitrogens with zero attached hydrogens (tertiary/aromatic N) is 1. The summed E-state index contributed by atoms with van der Waals surface area (Å²) in [5, 5.41) is 4.05. The average molecular weight is 301 g/mol. The van der Waals surface area contributed by atoms with Crippen molar-refractivity contribution in [3.63, 3.8) is 0 Å². The maximum Gasteiger partial charge on any atom is 0.153 e. The SMILES string of the molecule is C[C@@H](NC1CCCC1)C(=O)Cc1ccc(Cl)nc1Cl. The molecule has 1 N–H and O–H groups in total. The van der Waals surface area contributed by atoms with Crippen LogP contribution in [-0.4, -0.2) is 22.9 Å². The third-order valence-electron chi connectivity index (χ3n) is 3.58. The van der Waals surface area contributed by atoms with Crippen LogP contribution in [0.3, 0.4) is 0 Å². The number of carbonyl (C=O) groups excluding carboxylic acids is 1. The molecule has 1 aromatic rings. The van der Waals surface area contributed by atoms with Crippen LogP contribution >= 0.6 is 23.2 Å². The molecule has 1 heterocycles. The number of rotatable bonds is 5. The molecular formula is C14H18Cl2N2O. The van der Waals surface area contributed by atoms with E-state index in [9.17, 15) is 4.79 Å². The molecule has 2 rings (SSSR count). The molecule has 1 fully saturated rings. The van der Waals surface area contributed by atoms with Crippen LogP contribution in [0.25, 0.3) is 0 Å². The lowest BCUT2D eigenvalue weighted by Crippen LogP contribution is -2.40. The number of pyridine rings is 1. The maximum atomic E-state index is 12.2. The van der Waals surface area contributed by atoms with E-state index >= 15 is 0 Å². The molecule has 0 bridgehead atoms. The predicted octanol–water partition coefficient (Wildman–Crippen LogP) is 3.42. The molecule has 0 spiro atoms. The minimum atomic E-state index is -0.144. The van der Waals surface area contributed by atoms with Crippen molar-refractivity contribution >= 4 is 29.0 Å². The predicted molar refractivity (Wildman–Crippen MR) is 77.8 cm³/mol. The Hall–Kier alpha value is -0.640. The van der Waals surface area contributed by atoms with Crippen molar-refractivity contribution in [3.8, 4) is 0 Å². The summed E-state index contributed by atoms with van der Waals surface area (Å²) in [7, 11) is 0. The van der Waals surface area contributed by atoms with Crippen LogP contribution in [0.1, 0.15) is 38.2 Å². The number of carbonyl (C=O) groups is 1. The quantitative estimate of drug-likeness (QED) is 0.847. The van der Waals surface area contributed by atoms with E-state index in [-0.39, 0.29) is 11.8 Å². The molecule has 0 aliphatic heterocycles. The first kappa shape index (κ1) is 14.8. The lowest BCUT2D eigenvalue weighted by molar-refractivity contribution is -0.120. The van der Waals surface area contributed by atoms with Gasteiger partial charge in [0.1, 0.15) is 10.3 Å². The summed E-state index contributed by atoms with van der Waals surface area (Å²) < 4.78 is 0. The van der Waals surface area contributed by atoms with Gasteiger partial charge in [-0.1, -0.05) is 42.1 Å². The number of hydrogen-bond acceptors (Lipinski definition) is 3. The highest BCUT2D eigenvalue weighted by molar-refractivity contribution is 6.33. The van der Waals surface area contributed by atoms with E-state index in [1.165, 1.54) is 25.7 Å². The normalized spacial score (nSPS) is 17.6. The fourth-order valence-corrected chi connectivity index (χ4v) is 2.86. The second-order valence-electron chi connectivity index (χ2n) is 5.10. The zero-order valence-corrected chi connectivity index (χ0v) is 12.5. The molecule has 5 heteroatoms. The molecule has 0 amide bonds. The lowest BCUT2D eigenvalue weighted by Gasteiger charge is -2.18. The van der Waals surface area contributed by atoms with Gasteiger partial charge in [0.2, 0.25) is 0 Å². The highest BCUT2D eigenvalue weighted by Crippen LogP contribution is 2.20. The number of aromatic nitrogens is 1. The lowest BCUT2D eigenvalue weighted by atomic mass is 10.1. The molecular weight excluding hydrogens is 283 g/mol. The number of Topliss-reactive ketones (excluding diaryl/α,β-unsaturated/α-hetero) is 1. The van der Waals surface area contributed by atoms with Crippen LogP contribution in [-0.2, 0) is 11.2 Å². The number of hydrogen-bond donors (Lipinski definition) is 1. The van der Waals surface area contributed by atoms with Crippen LogP contribution in [0.5, 0.6) is 0 Å². The second kappa shape index (κ2) is 6.69. The molecule has 1 aliphatic carbocycles. The Morgan fingerprint density at radius 1 is 1.42 bits per heavy atom. The van der Waals surface area contributed by atoms with Crippen molar-refractivity contribution in [1.29, 1.82) is 0 Å². The first-order chi connectivity index (χ1) is 9.06. The second-order valence-corrected chi connectivity index (χ2v) is 5.84. The van der Waals surface area contributed by atoms with Gasteiger partial charge in [-0.2, -0.15) is 0 Å². The van der Waals surface area contributed by atoms with Gasteiger partial charge in [-0.25, -0.2) is 4.98 Å². The Morgan fingerprint density at radius 2 is 2.11 bits per heavy atom. The first-order valence-corrected chi connectivity index (χ1v) is 7.41. The average Bonchev–Trinajstić information content (AvgIpc) is 2.85. The Bertz CT molecular complexity index is 459. The van der Waals surface area contributed by atoms with Crippen LogP contribution in [0, 0.1) is 0 Å². The van der Waals surface area contributed by atoms with Crippen molar-refractivity contribution in [1.82, 2.24) is 10.3 Å². The summed E-state index contributed by atoms with van der Waals surface area (Å²) in [6, 6.07) is 3.76. The molecule has 1 aromatic heterocycles. The first-order valence-electron chi connectivity index (χ1n) is 6.66. The van der Waals surface area contributed by atoms with E-state index in [0.29, 0.717) is 22.8 Å². The van der Waals surface area contributed by atoms with Gasteiger partial charge >= 0.3 is 0 Å². The van der Waals surface area contributed by atoms with Crippen molar-refractivity contribution < 1.29 is 4.79 Å². The van der Waals surface area contributed by atoms with Crippen molar-refractivity contribution in [2.45, 2.75) is 51.1 Å². The summed E-state index contributed by atoms with van der Waals surface area (Å²) in [5.41, 5.74) is 0.733. The summed E-state index contributed by atoms with van der Waals surface area (Å²) in [6.45, 7) is 1.91. The Balaban J connectivity index is 1.92. The molecule has 3 nitrogen and oxygen atoms in total. The highest BCUT2D eigenvalue weighted by Gasteiger charge is 2.21. The summed E-state index contributed by atoms with van der Waals surface area (Å²) in [6.07, 6.45) is 5.14. The molecule has 0 radical (unpaired) electrons. The van der Waals surface area contributed by atoms with Gasteiger partial charge in [-0.3, -0.25) is 4.79 Å². The third-order valence-corrected chi connectivity index (χ3v) is 4.12. The van der Waals surface area contributed by atoms with Gasteiger partial charge in [0.15, 0.2) is 5.78 Å². The fraction of sp³-hybridized carbons (Fsp3) is 0.571. The van der Waals surface area contributed by atoms with E-state index < -0.39 is 0 Å². The van der Waals surface area contributed by atoms with Gasteiger partial charge in [0, 0.05) is 12.5 Å². The summed E-state index contributed by atoms with van der Waals surface area (Å²) >= 11 is 11.7. The zero-order chi connectivity index (χ0) is 13.8. The Kier molecular flexibility index (Phi) is 5.20. The van der Waals surface area contributed by atoms with E-state index in [4.69, 9.17) is 23.2 Å². The standard InChI is InChI=1S/C14H18Cl2N2O/c1-9(17-11-4-2-3-5-11)12(19)8-10-6-7-13(15)18-14(10)16/h6-7,9,11,17H,2-5,8H2,1H3/t9-/m1/s1.